The molecular formula is C21H24N2O3. The lowest BCUT2D eigenvalue weighted by molar-refractivity contribution is 0.261. The predicted octanol–water partition coefficient (Wildman–Crippen LogP) is 4.41. The number of H-pyrrole nitrogens is 1. The van der Waals surface area contributed by atoms with Gasteiger partial charge in [0.05, 0.1) is 24.1 Å². The highest BCUT2D eigenvalue weighted by atomic mass is 16.5. The van der Waals surface area contributed by atoms with Gasteiger partial charge in [0.2, 0.25) is 0 Å². The molecular weight excluding hydrogens is 328 g/mol. The lowest BCUT2D eigenvalue weighted by Crippen LogP contribution is -2.09. The van der Waals surface area contributed by atoms with Crippen molar-refractivity contribution in [2.24, 2.45) is 5.92 Å². The van der Waals surface area contributed by atoms with E-state index in [1.54, 1.807) is 6.07 Å². The first-order chi connectivity index (χ1) is 12.6. The normalized spacial score (nSPS) is 11.1. The van der Waals surface area contributed by atoms with Crippen molar-refractivity contribution in [1.82, 2.24) is 9.97 Å². The third-order valence-electron chi connectivity index (χ3n) is 4.08. The second-order valence-electron chi connectivity index (χ2n) is 6.56. The summed E-state index contributed by atoms with van der Waals surface area (Å²) in [6, 6.07) is 12.9. The molecule has 0 bridgehead atoms. The molecule has 0 aliphatic heterocycles. The van der Waals surface area contributed by atoms with Gasteiger partial charge in [-0.1, -0.05) is 26.0 Å². The Kier molecular flexibility index (Phi) is 5.56. The highest BCUT2D eigenvalue weighted by Crippen LogP contribution is 2.32. The number of rotatable bonds is 7. The van der Waals surface area contributed by atoms with Crippen molar-refractivity contribution in [2.45, 2.75) is 27.2 Å². The molecule has 0 saturated heterocycles. The molecule has 0 saturated carbocycles. The summed E-state index contributed by atoms with van der Waals surface area (Å²) in [5.74, 6) is 2.46. The Hall–Kier alpha value is -2.82. The zero-order valence-electron chi connectivity index (χ0n) is 15.4. The Labute approximate surface area is 153 Å². The van der Waals surface area contributed by atoms with Gasteiger partial charge in [-0.05, 0) is 49.6 Å². The van der Waals surface area contributed by atoms with Gasteiger partial charge in [-0.2, -0.15) is 0 Å². The van der Waals surface area contributed by atoms with E-state index in [9.17, 15) is 4.79 Å². The third-order valence-corrected chi connectivity index (χ3v) is 4.08. The minimum absolute atomic E-state index is 0.152. The highest BCUT2D eigenvalue weighted by Gasteiger charge is 2.11. The summed E-state index contributed by atoms with van der Waals surface area (Å²) in [6.45, 7) is 7.43. The van der Waals surface area contributed by atoms with Crippen LogP contribution in [0.25, 0.3) is 22.3 Å². The highest BCUT2D eigenvalue weighted by molar-refractivity contribution is 5.79. The lowest BCUT2D eigenvalue weighted by Gasteiger charge is -2.14. The van der Waals surface area contributed by atoms with Gasteiger partial charge in [-0.15, -0.1) is 0 Å². The Morgan fingerprint density at radius 3 is 2.65 bits per heavy atom. The second-order valence-corrected chi connectivity index (χ2v) is 6.56. The van der Waals surface area contributed by atoms with Crippen molar-refractivity contribution >= 4 is 10.9 Å². The minimum Gasteiger partial charge on any atom is -0.490 e. The van der Waals surface area contributed by atoms with Crippen molar-refractivity contribution in [3.63, 3.8) is 0 Å². The first-order valence-electron chi connectivity index (χ1n) is 8.97. The first kappa shape index (κ1) is 18.0. The molecule has 0 radical (unpaired) electrons. The van der Waals surface area contributed by atoms with Crippen molar-refractivity contribution in [1.29, 1.82) is 0 Å². The van der Waals surface area contributed by atoms with E-state index >= 15 is 0 Å². The molecule has 3 rings (SSSR count). The average molecular weight is 352 g/mol. The molecule has 2 aromatic carbocycles. The molecule has 26 heavy (non-hydrogen) atoms. The fraction of sp³-hybridized carbons (Fsp3) is 0.333. The average Bonchev–Trinajstić information content (AvgIpc) is 2.63. The SMILES string of the molecule is CCOc1cc(-c2nc3ccccc3c(=O)[nH]2)ccc1OCCC(C)C. The Morgan fingerprint density at radius 2 is 1.88 bits per heavy atom. The summed E-state index contributed by atoms with van der Waals surface area (Å²) in [7, 11) is 0. The van der Waals surface area contributed by atoms with Crippen LogP contribution in [0.3, 0.4) is 0 Å². The lowest BCUT2D eigenvalue weighted by atomic mass is 10.1. The Bertz CT molecular complexity index is 947. The van der Waals surface area contributed by atoms with Gasteiger partial charge in [0, 0.05) is 5.56 Å². The number of aromatic nitrogens is 2. The van der Waals surface area contributed by atoms with E-state index in [0.29, 0.717) is 47.4 Å². The molecule has 0 aliphatic carbocycles. The van der Waals surface area contributed by atoms with Crippen molar-refractivity contribution < 1.29 is 9.47 Å². The van der Waals surface area contributed by atoms with Gasteiger partial charge in [-0.3, -0.25) is 4.79 Å². The van der Waals surface area contributed by atoms with E-state index in [1.807, 2.05) is 43.3 Å². The number of benzene rings is 2. The molecule has 3 aromatic rings. The summed E-state index contributed by atoms with van der Waals surface area (Å²) < 4.78 is 11.6. The third kappa shape index (κ3) is 4.04. The predicted molar refractivity (Wildman–Crippen MR) is 104 cm³/mol. The number of aromatic amines is 1. The first-order valence-corrected chi connectivity index (χ1v) is 8.97. The topological polar surface area (TPSA) is 64.2 Å². The fourth-order valence-corrected chi connectivity index (χ4v) is 2.67. The summed E-state index contributed by atoms with van der Waals surface area (Å²) in [6.07, 6.45) is 0.979. The number of nitrogens with one attached hydrogen (secondary N) is 1. The van der Waals surface area contributed by atoms with Gasteiger partial charge < -0.3 is 14.5 Å². The maximum atomic E-state index is 12.3. The van der Waals surface area contributed by atoms with Crippen LogP contribution in [0.2, 0.25) is 0 Å². The van der Waals surface area contributed by atoms with Gasteiger partial charge >= 0.3 is 0 Å². The molecule has 1 aromatic heterocycles. The van der Waals surface area contributed by atoms with Gasteiger partial charge in [0.1, 0.15) is 5.82 Å². The monoisotopic (exact) mass is 352 g/mol. The second kappa shape index (κ2) is 8.04. The zero-order chi connectivity index (χ0) is 18.5. The van der Waals surface area contributed by atoms with Gasteiger partial charge in [-0.25, -0.2) is 4.98 Å². The zero-order valence-corrected chi connectivity index (χ0v) is 15.4. The van der Waals surface area contributed by atoms with Crippen LogP contribution in [0.5, 0.6) is 11.5 Å². The largest absolute Gasteiger partial charge is 0.490 e. The number of hydrogen-bond donors (Lipinski definition) is 1. The van der Waals surface area contributed by atoms with E-state index in [2.05, 4.69) is 23.8 Å². The molecule has 5 nitrogen and oxygen atoms in total. The molecule has 1 N–H and O–H groups in total. The molecule has 0 amide bonds. The van der Waals surface area contributed by atoms with Crippen LogP contribution >= 0.6 is 0 Å². The van der Waals surface area contributed by atoms with Crippen LogP contribution < -0.4 is 15.0 Å². The summed E-state index contributed by atoms with van der Waals surface area (Å²) >= 11 is 0. The van der Waals surface area contributed by atoms with Crippen LogP contribution in [0.1, 0.15) is 27.2 Å². The number of hydrogen-bond acceptors (Lipinski definition) is 4. The van der Waals surface area contributed by atoms with Crippen molar-refractivity contribution in [3.05, 3.63) is 52.8 Å². The van der Waals surface area contributed by atoms with E-state index in [-0.39, 0.29) is 5.56 Å². The molecule has 0 unspecified atom stereocenters. The van der Waals surface area contributed by atoms with E-state index in [0.717, 1.165) is 12.0 Å². The molecule has 5 heteroatoms. The quantitative estimate of drug-likeness (QED) is 0.684. The van der Waals surface area contributed by atoms with Crippen molar-refractivity contribution in [3.8, 4) is 22.9 Å². The summed E-state index contributed by atoms with van der Waals surface area (Å²) in [5.41, 5.74) is 1.30. The number of fused-ring (bicyclic) bond motifs is 1. The summed E-state index contributed by atoms with van der Waals surface area (Å²) in [4.78, 5) is 19.7. The van der Waals surface area contributed by atoms with Crippen molar-refractivity contribution in [2.75, 3.05) is 13.2 Å². The van der Waals surface area contributed by atoms with Crippen LogP contribution in [0.4, 0.5) is 0 Å². The minimum atomic E-state index is -0.152. The molecule has 0 fully saturated rings. The molecule has 0 spiro atoms. The number of ether oxygens (including phenoxy) is 2. The summed E-state index contributed by atoms with van der Waals surface area (Å²) in [5, 5.41) is 0.579. The van der Waals surface area contributed by atoms with E-state index in [1.165, 1.54) is 0 Å². The fourth-order valence-electron chi connectivity index (χ4n) is 2.67. The smallest absolute Gasteiger partial charge is 0.259 e. The Balaban J connectivity index is 1.95. The standard InChI is InChI=1S/C21H24N2O3/c1-4-25-19-13-15(9-10-18(19)26-12-11-14(2)3)20-22-17-8-6-5-7-16(17)21(24)23-20/h5-10,13-14H,4,11-12H2,1-3H3,(H,22,23,24). The van der Waals surface area contributed by atoms with Gasteiger partial charge in [0.15, 0.2) is 11.5 Å². The molecule has 0 aliphatic rings. The van der Waals surface area contributed by atoms with E-state index in [4.69, 9.17) is 9.47 Å². The van der Waals surface area contributed by atoms with Crippen LogP contribution in [-0.2, 0) is 0 Å². The van der Waals surface area contributed by atoms with Gasteiger partial charge in [0.25, 0.3) is 5.56 Å². The maximum absolute atomic E-state index is 12.3. The Morgan fingerprint density at radius 1 is 1.08 bits per heavy atom. The maximum Gasteiger partial charge on any atom is 0.259 e. The van der Waals surface area contributed by atoms with E-state index < -0.39 is 0 Å². The number of nitrogens with zero attached hydrogens (tertiary/aromatic N) is 1. The van der Waals surface area contributed by atoms with Crippen LogP contribution in [0, 0.1) is 5.92 Å². The molecule has 136 valence electrons. The van der Waals surface area contributed by atoms with Crippen LogP contribution in [0.15, 0.2) is 47.3 Å². The van der Waals surface area contributed by atoms with Crippen LogP contribution in [-0.4, -0.2) is 23.2 Å². The molecule has 1 heterocycles. The number of para-hydroxylation sites is 1. The molecule has 0 atom stereocenters.